The number of para-hydroxylation sites is 1. The summed E-state index contributed by atoms with van der Waals surface area (Å²) in [4.78, 5) is 27.2. The summed E-state index contributed by atoms with van der Waals surface area (Å²) < 4.78 is 0. The normalized spacial score (nSPS) is 15.3. The summed E-state index contributed by atoms with van der Waals surface area (Å²) in [5, 5.41) is 2.79. The van der Waals surface area contributed by atoms with E-state index in [0.29, 0.717) is 18.0 Å². The van der Waals surface area contributed by atoms with E-state index in [1.807, 2.05) is 42.6 Å². The van der Waals surface area contributed by atoms with Gasteiger partial charge >= 0.3 is 0 Å². The number of carbonyl (C=O) groups is 2. The van der Waals surface area contributed by atoms with Gasteiger partial charge < -0.3 is 10.3 Å². The molecule has 2 aromatic carbocycles. The van der Waals surface area contributed by atoms with Gasteiger partial charge in [0.2, 0.25) is 5.91 Å². The van der Waals surface area contributed by atoms with E-state index in [0.717, 1.165) is 48.1 Å². The number of ketones is 1. The molecule has 2 unspecified atom stereocenters. The van der Waals surface area contributed by atoms with Crippen LogP contribution in [0.1, 0.15) is 85.7 Å². The second-order valence-electron chi connectivity index (χ2n) is 10.7. The molecule has 2 atom stereocenters. The van der Waals surface area contributed by atoms with Crippen molar-refractivity contribution >= 4 is 35.6 Å². The number of hydrogen-bond donors (Lipinski definition) is 2. The first-order valence-corrected chi connectivity index (χ1v) is 14.4. The topological polar surface area (TPSA) is 62.0 Å². The zero-order chi connectivity index (χ0) is 29.2. The minimum Gasteiger partial charge on any atom is -0.361 e. The van der Waals surface area contributed by atoms with Crippen molar-refractivity contribution in [2.24, 2.45) is 0 Å². The molecule has 210 valence electrons. The predicted molar refractivity (Wildman–Crippen MR) is 173 cm³/mol. The third kappa shape index (κ3) is 8.04. The van der Waals surface area contributed by atoms with Crippen molar-refractivity contribution in [2.75, 3.05) is 5.32 Å². The molecule has 0 saturated carbocycles. The largest absolute Gasteiger partial charge is 0.361 e. The Morgan fingerprint density at radius 3 is 2.71 bits per heavy atom. The fraction of sp³-hybridized carbons (Fsp3) is 0.243. The summed E-state index contributed by atoms with van der Waals surface area (Å²) in [6, 6.07) is 18.2. The van der Waals surface area contributed by atoms with E-state index in [9.17, 15) is 9.59 Å². The lowest BCUT2D eigenvalue weighted by Gasteiger charge is -2.24. The van der Waals surface area contributed by atoms with Crippen LogP contribution in [0.5, 0.6) is 0 Å². The minimum absolute atomic E-state index is 0.00425. The highest BCUT2D eigenvalue weighted by molar-refractivity contribution is 5.97. The standard InChI is InChI=1S/C37H40N2O2/c1-5-30(15-8-11-26(2)37-27(3)19-22-36-34(37)23-24-38-36)32-16-9-12-29(25-32)13-10-17-33(41)21-20-31-14-6-7-18-35(31)39-28(4)40/h6-7,9-10,12-14,16,18-25,30,37-38H,2-3,5,8,11,15,17H2,1,4H3,(H,39,40)/b13-10+,21-20+. The molecule has 0 aliphatic heterocycles. The molecule has 1 aromatic heterocycles. The van der Waals surface area contributed by atoms with Gasteiger partial charge in [0.05, 0.1) is 0 Å². The van der Waals surface area contributed by atoms with Gasteiger partial charge in [-0.15, -0.1) is 0 Å². The number of fused-ring (bicyclic) bond motifs is 1. The smallest absolute Gasteiger partial charge is 0.221 e. The van der Waals surface area contributed by atoms with Crippen molar-refractivity contribution in [2.45, 2.75) is 57.8 Å². The quantitative estimate of drug-likeness (QED) is 0.166. The molecule has 0 radical (unpaired) electrons. The van der Waals surface area contributed by atoms with E-state index in [-0.39, 0.29) is 17.6 Å². The highest BCUT2D eigenvalue weighted by Crippen LogP contribution is 2.39. The van der Waals surface area contributed by atoms with Gasteiger partial charge in [-0.3, -0.25) is 9.59 Å². The van der Waals surface area contributed by atoms with Gasteiger partial charge in [0.25, 0.3) is 0 Å². The summed E-state index contributed by atoms with van der Waals surface area (Å²) in [5.74, 6) is 0.530. The van der Waals surface area contributed by atoms with E-state index in [4.69, 9.17) is 0 Å². The lowest BCUT2D eigenvalue weighted by molar-refractivity contribution is -0.114. The van der Waals surface area contributed by atoms with E-state index >= 15 is 0 Å². The maximum Gasteiger partial charge on any atom is 0.221 e. The monoisotopic (exact) mass is 544 g/mol. The molecule has 4 rings (SSSR count). The van der Waals surface area contributed by atoms with Crippen LogP contribution in [-0.4, -0.2) is 16.7 Å². The predicted octanol–water partition coefficient (Wildman–Crippen LogP) is 9.25. The average molecular weight is 545 g/mol. The van der Waals surface area contributed by atoms with Crippen molar-refractivity contribution < 1.29 is 9.59 Å². The van der Waals surface area contributed by atoms with Crippen LogP contribution < -0.4 is 5.32 Å². The van der Waals surface area contributed by atoms with Crippen molar-refractivity contribution in [1.82, 2.24) is 4.98 Å². The summed E-state index contributed by atoms with van der Waals surface area (Å²) in [7, 11) is 0. The van der Waals surface area contributed by atoms with Crippen LogP contribution in [-0.2, 0) is 9.59 Å². The molecule has 2 N–H and O–H groups in total. The molecule has 41 heavy (non-hydrogen) atoms. The van der Waals surface area contributed by atoms with Gasteiger partial charge in [-0.25, -0.2) is 0 Å². The second-order valence-corrected chi connectivity index (χ2v) is 10.7. The maximum absolute atomic E-state index is 12.5. The number of hydrogen-bond acceptors (Lipinski definition) is 2. The van der Waals surface area contributed by atoms with Crippen molar-refractivity contribution in [3.63, 3.8) is 0 Å². The third-order valence-corrected chi connectivity index (χ3v) is 7.64. The summed E-state index contributed by atoms with van der Waals surface area (Å²) in [5.41, 5.74) is 8.70. The van der Waals surface area contributed by atoms with Crippen molar-refractivity contribution in [3.05, 3.63) is 131 Å². The highest BCUT2D eigenvalue weighted by Gasteiger charge is 2.23. The molecule has 0 saturated heterocycles. The summed E-state index contributed by atoms with van der Waals surface area (Å²) >= 11 is 0. The number of rotatable bonds is 13. The summed E-state index contributed by atoms with van der Waals surface area (Å²) in [6.07, 6.45) is 18.0. The Balaban J connectivity index is 1.30. The Bertz CT molecular complexity index is 1500. The first kappa shape index (κ1) is 29.5. The molecule has 1 aliphatic rings. The highest BCUT2D eigenvalue weighted by atomic mass is 16.1. The molecular formula is C37H40N2O2. The number of benzene rings is 2. The number of anilines is 1. The molecule has 3 aromatic rings. The zero-order valence-electron chi connectivity index (χ0n) is 24.2. The molecular weight excluding hydrogens is 504 g/mol. The van der Waals surface area contributed by atoms with Gasteiger partial charge in [0.1, 0.15) is 0 Å². The van der Waals surface area contributed by atoms with Gasteiger partial charge in [-0.1, -0.05) is 86.3 Å². The van der Waals surface area contributed by atoms with E-state index in [1.165, 1.54) is 23.6 Å². The molecule has 1 aliphatic carbocycles. The van der Waals surface area contributed by atoms with E-state index in [1.54, 1.807) is 12.2 Å². The maximum atomic E-state index is 12.5. The van der Waals surface area contributed by atoms with E-state index < -0.39 is 0 Å². The van der Waals surface area contributed by atoms with Crippen LogP contribution in [0.4, 0.5) is 5.69 Å². The Labute approximate surface area is 244 Å². The lowest BCUT2D eigenvalue weighted by Crippen LogP contribution is -2.08. The van der Waals surface area contributed by atoms with Gasteiger partial charge in [0, 0.05) is 36.8 Å². The minimum atomic E-state index is -0.141. The molecule has 4 heteroatoms. The van der Waals surface area contributed by atoms with Crippen LogP contribution in [0.25, 0.3) is 18.2 Å². The van der Waals surface area contributed by atoms with Gasteiger partial charge in [-0.2, -0.15) is 0 Å². The first-order chi connectivity index (χ1) is 19.9. The number of allylic oxidation sites excluding steroid dienone is 5. The molecule has 0 fully saturated rings. The fourth-order valence-electron chi connectivity index (χ4n) is 5.51. The van der Waals surface area contributed by atoms with Crippen LogP contribution in [0.15, 0.2) is 103 Å². The molecule has 1 amide bonds. The van der Waals surface area contributed by atoms with Crippen LogP contribution in [0.3, 0.4) is 0 Å². The summed E-state index contributed by atoms with van der Waals surface area (Å²) in [6.45, 7) is 12.4. The lowest BCUT2D eigenvalue weighted by atomic mass is 9.80. The Morgan fingerprint density at radius 2 is 1.90 bits per heavy atom. The number of H-pyrrole nitrogens is 1. The second kappa shape index (κ2) is 14.3. The Morgan fingerprint density at radius 1 is 1.07 bits per heavy atom. The van der Waals surface area contributed by atoms with Gasteiger partial charge in [-0.05, 0) is 89.8 Å². The Kier molecular flexibility index (Phi) is 10.3. The number of aromatic amines is 1. The van der Waals surface area contributed by atoms with Crippen LogP contribution in [0.2, 0.25) is 0 Å². The Hall–Kier alpha value is -4.44. The number of carbonyl (C=O) groups excluding carboxylic acids is 2. The zero-order valence-corrected chi connectivity index (χ0v) is 24.2. The number of amides is 1. The van der Waals surface area contributed by atoms with Crippen molar-refractivity contribution in [3.8, 4) is 0 Å². The van der Waals surface area contributed by atoms with Crippen molar-refractivity contribution in [1.29, 1.82) is 0 Å². The average Bonchev–Trinajstić information content (AvgIpc) is 3.43. The van der Waals surface area contributed by atoms with Crippen LogP contribution >= 0.6 is 0 Å². The van der Waals surface area contributed by atoms with Gasteiger partial charge in [0.15, 0.2) is 5.78 Å². The van der Waals surface area contributed by atoms with Crippen LogP contribution in [0, 0.1) is 0 Å². The first-order valence-electron chi connectivity index (χ1n) is 14.4. The molecule has 4 nitrogen and oxygen atoms in total. The molecule has 1 heterocycles. The molecule has 0 spiro atoms. The molecule has 0 bridgehead atoms. The van der Waals surface area contributed by atoms with E-state index in [2.05, 4.69) is 72.9 Å². The fourth-order valence-corrected chi connectivity index (χ4v) is 5.51. The number of aromatic nitrogens is 1. The third-order valence-electron chi connectivity index (χ3n) is 7.64. The SMILES string of the molecule is C=C1C=Cc2[nH]ccc2C1C(=C)CCCC(CC)c1cccc(/C=C/CC(=O)/C=C/c2ccccc2NC(C)=O)c1. The number of nitrogens with one attached hydrogen (secondary N) is 2.